The third kappa shape index (κ3) is 2.41. The maximum absolute atomic E-state index is 6.56. The van der Waals surface area contributed by atoms with Gasteiger partial charge in [0.1, 0.15) is 0 Å². The molecular weight excluding hydrogens is 258 g/mol. The summed E-state index contributed by atoms with van der Waals surface area (Å²) in [6, 6.07) is 16.6. The van der Waals surface area contributed by atoms with E-state index in [1.54, 1.807) is 0 Å². The lowest BCUT2D eigenvalue weighted by Gasteiger charge is -2.17. The Hall–Kier alpha value is -2.26. The number of benzene rings is 2. The summed E-state index contributed by atoms with van der Waals surface area (Å²) in [5, 5.41) is 1.21. The molecule has 2 aromatic carbocycles. The fraction of sp³-hybridized carbons (Fsp3) is 0.222. The van der Waals surface area contributed by atoms with Gasteiger partial charge < -0.3 is 15.6 Å². The van der Waals surface area contributed by atoms with Crippen molar-refractivity contribution >= 4 is 16.6 Å². The fourth-order valence-electron chi connectivity index (χ4n) is 2.86. The van der Waals surface area contributed by atoms with Crippen molar-refractivity contribution in [2.45, 2.75) is 13.0 Å². The van der Waals surface area contributed by atoms with Crippen molar-refractivity contribution < 1.29 is 0 Å². The lowest BCUT2D eigenvalue weighted by atomic mass is 9.96. The number of nitrogens with two attached hydrogens (primary N) is 1. The molecule has 1 aromatic heterocycles. The van der Waals surface area contributed by atoms with E-state index in [-0.39, 0.29) is 6.04 Å². The molecule has 108 valence electrons. The van der Waals surface area contributed by atoms with Gasteiger partial charge in [0.05, 0.1) is 6.04 Å². The van der Waals surface area contributed by atoms with Gasteiger partial charge >= 0.3 is 0 Å². The second-order valence-electron chi connectivity index (χ2n) is 5.68. The minimum absolute atomic E-state index is 0.124. The zero-order valence-electron chi connectivity index (χ0n) is 12.7. The SMILES string of the molecule is Cc1[nH]c2ccccc2c1C(N)c1cccc(N(C)C)c1. The van der Waals surface area contributed by atoms with Gasteiger partial charge in [0.2, 0.25) is 0 Å². The number of H-pyrrole nitrogens is 1. The third-order valence-corrected chi connectivity index (χ3v) is 4.00. The van der Waals surface area contributed by atoms with Crippen LogP contribution in [0.1, 0.15) is 22.9 Å². The van der Waals surface area contributed by atoms with E-state index in [4.69, 9.17) is 5.73 Å². The molecule has 0 amide bonds. The molecule has 3 aromatic rings. The molecule has 0 spiro atoms. The first-order valence-electron chi connectivity index (χ1n) is 7.18. The molecule has 0 aliphatic carbocycles. The molecule has 3 rings (SSSR count). The van der Waals surface area contributed by atoms with Gasteiger partial charge in [-0.25, -0.2) is 0 Å². The molecular formula is C18H21N3. The van der Waals surface area contributed by atoms with Crippen molar-refractivity contribution in [2.24, 2.45) is 5.73 Å². The van der Waals surface area contributed by atoms with Gasteiger partial charge in [-0.05, 0) is 30.7 Å². The zero-order valence-corrected chi connectivity index (χ0v) is 12.7. The molecule has 1 heterocycles. The van der Waals surface area contributed by atoms with Crippen LogP contribution >= 0.6 is 0 Å². The maximum atomic E-state index is 6.56. The lowest BCUT2D eigenvalue weighted by Crippen LogP contribution is -2.14. The third-order valence-electron chi connectivity index (χ3n) is 4.00. The summed E-state index contributed by atoms with van der Waals surface area (Å²) in [5.41, 5.74) is 12.3. The highest BCUT2D eigenvalue weighted by Crippen LogP contribution is 2.31. The Morgan fingerprint density at radius 3 is 2.57 bits per heavy atom. The summed E-state index contributed by atoms with van der Waals surface area (Å²) in [6.45, 7) is 2.09. The van der Waals surface area contributed by atoms with Crippen LogP contribution in [0, 0.1) is 6.92 Å². The number of nitrogens with zero attached hydrogens (tertiary/aromatic N) is 1. The first-order chi connectivity index (χ1) is 10.1. The van der Waals surface area contributed by atoms with E-state index in [1.807, 2.05) is 20.2 Å². The topological polar surface area (TPSA) is 45.1 Å². The molecule has 1 unspecified atom stereocenters. The molecule has 0 fully saturated rings. The summed E-state index contributed by atoms with van der Waals surface area (Å²) in [4.78, 5) is 5.52. The summed E-state index contributed by atoms with van der Waals surface area (Å²) < 4.78 is 0. The van der Waals surface area contributed by atoms with E-state index in [9.17, 15) is 0 Å². The average molecular weight is 279 g/mol. The number of aromatic amines is 1. The average Bonchev–Trinajstić information content (AvgIpc) is 2.82. The molecule has 1 atom stereocenters. The van der Waals surface area contributed by atoms with Crippen molar-refractivity contribution in [3.8, 4) is 0 Å². The predicted molar refractivity (Wildman–Crippen MR) is 89.8 cm³/mol. The van der Waals surface area contributed by atoms with E-state index in [0.29, 0.717) is 0 Å². The lowest BCUT2D eigenvalue weighted by molar-refractivity contribution is 0.867. The van der Waals surface area contributed by atoms with Crippen LogP contribution in [0.4, 0.5) is 5.69 Å². The molecule has 0 aliphatic rings. The highest BCUT2D eigenvalue weighted by molar-refractivity contribution is 5.85. The Morgan fingerprint density at radius 1 is 1.05 bits per heavy atom. The van der Waals surface area contributed by atoms with Crippen molar-refractivity contribution in [3.05, 3.63) is 65.4 Å². The van der Waals surface area contributed by atoms with Gasteiger partial charge in [-0.15, -0.1) is 0 Å². The molecule has 21 heavy (non-hydrogen) atoms. The second kappa shape index (κ2) is 5.26. The minimum atomic E-state index is -0.124. The first-order valence-corrected chi connectivity index (χ1v) is 7.18. The van der Waals surface area contributed by atoms with E-state index in [0.717, 1.165) is 16.8 Å². The molecule has 3 heteroatoms. The number of aromatic nitrogens is 1. The normalized spacial score (nSPS) is 12.6. The highest BCUT2D eigenvalue weighted by Gasteiger charge is 2.17. The fourth-order valence-corrected chi connectivity index (χ4v) is 2.86. The van der Waals surface area contributed by atoms with Gasteiger partial charge in [-0.3, -0.25) is 0 Å². The standard InChI is InChI=1S/C18H21N3/c1-12-17(15-9-4-5-10-16(15)20-12)18(19)13-7-6-8-14(11-13)21(2)3/h4-11,18,20H,19H2,1-3H3. The number of rotatable bonds is 3. The van der Waals surface area contributed by atoms with Gasteiger partial charge in [-0.1, -0.05) is 30.3 Å². The van der Waals surface area contributed by atoms with E-state index < -0.39 is 0 Å². The van der Waals surface area contributed by atoms with Crippen molar-refractivity contribution in [1.29, 1.82) is 0 Å². The van der Waals surface area contributed by atoms with Crippen molar-refractivity contribution in [3.63, 3.8) is 0 Å². The molecule has 3 nitrogen and oxygen atoms in total. The van der Waals surface area contributed by atoms with Gasteiger partial charge in [0, 0.05) is 41.9 Å². The largest absolute Gasteiger partial charge is 0.378 e. The Morgan fingerprint density at radius 2 is 1.81 bits per heavy atom. The number of aryl methyl sites for hydroxylation is 1. The summed E-state index contributed by atoms with van der Waals surface area (Å²) in [6.07, 6.45) is 0. The predicted octanol–water partition coefficient (Wildman–Crippen LogP) is 3.59. The summed E-state index contributed by atoms with van der Waals surface area (Å²) >= 11 is 0. The van der Waals surface area contributed by atoms with Crippen LogP contribution in [0.15, 0.2) is 48.5 Å². The number of hydrogen-bond donors (Lipinski definition) is 2. The number of hydrogen-bond acceptors (Lipinski definition) is 2. The van der Waals surface area contributed by atoms with Crippen LogP contribution in [0.5, 0.6) is 0 Å². The summed E-state index contributed by atoms with van der Waals surface area (Å²) in [7, 11) is 4.09. The molecule has 0 saturated carbocycles. The highest BCUT2D eigenvalue weighted by atomic mass is 15.1. The molecule has 0 saturated heterocycles. The first kappa shape index (κ1) is 13.7. The van der Waals surface area contributed by atoms with E-state index in [2.05, 4.69) is 59.3 Å². The Labute approximate surface area is 125 Å². The Kier molecular flexibility index (Phi) is 3.43. The second-order valence-corrected chi connectivity index (χ2v) is 5.68. The molecule has 0 bridgehead atoms. The minimum Gasteiger partial charge on any atom is -0.378 e. The van der Waals surface area contributed by atoms with Crippen LogP contribution in [0.2, 0.25) is 0 Å². The maximum Gasteiger partial charge on any atom is 0.0576 e. The molecule has 0 aliphatic heterocycles. The van der Waals surface area contributed by atoms with Crippen LogP contribution in [-0.4, -0.2) is 19.1 Å². The van der Waals surface area contributed by atoms with Gasteiger partial charge in [0.25, 0.3) is 0 Å². The van der Waals surface area contributed by atoms with Crippen LogP contribution < -0.4 is 10.6 Å². The Bertz CT molecular complexity index is 771. The quantitative estimate of drug-likeness (QED) is 0.769. The van der Waals surface area contributed by atoms with Crippen LogP contribution in [0.25, 0.3) is 10.9 Å². The monoisotopic (exact) mass is 279 g/mol. The smallest absolute Gasteiger partial charge is 0.0576 e. The number of anilines is 1. The number of fused-ring (bicyclic) bond motifs is 1. The summed E-state index contributed by atoms with van der Waals surface area (Å²) in [5.74, 6) is 0. The number of para-hydroxylation sites is 1. The zero-order chi connectivity index (χ0) is 15.0. The number of nitrogens with one attached hydrogen (secondary N) is 1. The van der Waals surface area contributed by atoms with E-state index >= 15 is 0 Å². The van der Waals surface area contributed by atoms with Crippen molar-refractivity contribution in [2.75, 3.05) is 19.0 Å². The van der Waals surface area contributed by atoms with Gasteiger partial charge in [0.15, 0.2) is 0 Å². The van der Waals surface area contributed by atoms with Crippen LogP contribution in [-0.2, 0) is 0 Å². The van der Waals surface area contributed by atoms with Crippen molar-refractivity contribution in [1.82, 2.24) is 4.98 Å². The van der Waals surface area contributed by atoms with Gasteiger partial charge in [-0.2, -0.15) is 0 Å². The molecule has 0 radical (unpaired) electrons. The van der Waals surface area contributed by atoms with E-state index in [1.165, 1.54) is 16.6 Å². The Balaban J connectivity index is 2.10. The van der Waals surface area contributed by atoms with Crippen LogP contribution in [0.3, 0.4) is 0 Å². The molecule has 3 N–H and O–H groups in total.